The second kappa shape index (κ2) is 8.14. The zero-order chi connectivity index (χ0) is 20.2. The average molecular weight is 395 g/mol. The largest absolute Gasteiger partial charge is 0.457 e. The number of ether oxygens (including phenoxy) is 1. The molecule has 0 radical (unpaired) electrons. The average Bonchev–Trinajstić information content (AvgIpc) is 3.12. The zero-order valence-corrected chi connectivity index (χ0v) is 16.6. The highest BCUT2D eigenvalue weighted by atomic mass is 32.2. The Morgan fingerprint density at radius 3 is 2.48 bits per heavy atom. The summed E-state index contributed by atoms with van der Waals surface area (Å²) < 4.78 is 6.15. The summed E-state index contributed by atoms with van der Waals surface area (Å²) in [4.78, 5) is 3.42. The molecule has 0 saturated heterocycles. The number of hydrogen-bond donors (Lipinski definition) is 0. The molecule has 4 rings (SSSR count). The summed E-state index contributed by atoms with van der Waals surface area (Å²) in [6.45, 7) is 2.94. The third-order valence-corrected chi connectivity index (χ3v) is 5.71. The number of nitrogens with zero attached hydrogens (tertiary/aromatic N) is 3. The van der Waals surface area contributed by atoms with E-state index >= 15 is 0 Å². The molecule has 2 aromatic rings. The molecule has 0 unspecified atom stereocenters. The number of nitriles is 2. The van der Waals surface area contributed by atoms with E-state index in [1.165, 1.54) is 10.6 Å². The Balaban J connectivity index is 1.76. The summed E-state index contributed by atoms with van der Waals surface area (Å²) in [7, 11) is 0. The molecule has 0 aromatic heterocycles. The van der Waals surface area contributed by atoms with Crippen LogP contribution >= 0.6 is 11.8 Å². The van der Waals surface area contributed by atoms with Crippen molar-refractivity contribution in [2.24, 2.45) is 0 Å². The van der Waals surface area contributed by atoms with E-state index in [2.05, 4.69) is 24.0 Å². The molecule has 140 valence electrons. The number of thioether (sulfide) groups is 1. The maximum atomic E-state index is 9.35. The van der Waals surface area contributed by atoms with Crippen LogP contribution in [0.4, 0.5) is 5.69 Å². The first-order valence-corrected chi connectivity index (χ1v) is 10.0. The van der Waals surface area contributed by atoms with Gasteiger partial charge in [0.2, 0.25) is 0 Å². The highest BCUT2D eigenvalue weighted by Crippen LogP contribution is 2.46. The lowest BCUT2D eigenvalue weighted by Gasteiger charge is -2.20. The Kier molecular flexibility index (Phi) is 5.24. The third-order valence-electron chi connectivity index (χ3n) is 4.60. The van der Waals surface area contributed by atoms with Gasteiger partial charge in [0, 0.05) is 28.7 Å². The van der Waals surface area contributed by atoms with Gasteiger partial charge in [-0.05, 0) is 31.2 Å². The molecule has 0 amide bonds. The quantitative estimate of drug-likeness (QED) is 0.619. The Bertz CT molecular complexity index is 1140. The topological polar surface area (TPSA) is 60.0 Å². The normalized spacial score (nSPS) is 16.3. The van der Waals surface area contributed by atoms with E-state index < -0.39 is 0 Å². The lowest BCUT2D eigenvalue weighted by molar-refractivity contribution is 0.396. The molecular weight excluding hydrogens is 378 g/mol. The van der Waals surface area contributed by atoms with Gasteiger partial charge in [-0.15, -0.1) is 0 Å². The van der Waals surface area contributed by atoms with E-state index in [0.29, 0.717) is 17.1 Å². The number of rotatable bonds is 3. The number of allylic oxidation sites excluding steroid dienone is 5. The van der Waals surface area contributed by atoms with Crippen LogP contribution in [0.3, 0.4) is 0 Å². The molecule has 2 aromatic carbocycles. The Morgan fingerprint density at radius 2 is 1.76 bits per heavy atom. The number of anilines is 1. The number of benzene rings is 2. The lowest BCUT2D eigenvalue weighted by Crippen LogP contribution is -2.16. The summed E-state index contributed by atoms with van der Waals surface area (Å²) in [6, 6.07) is 21.9. The molecule has 0 saturated carbocycles. The van der Waals surface area contributed by atoms with Crippen molar-refractivity contribution < 1.29 is 4.74 Å². The minimum atomic E-state index is 0.0624. The van der Waals surface area contributed by atoms with Crippen molar-refractivity contribution in [2.45, 2.75) is 11.8 Å². The van der Waals surface area contributed by atoms with Crippen molar-refractivity contribution in [3.8, 4) is 12.1 Å². The van der Waals surface area contributed by atoms with Crippen LogP contribution in [-0.2, 0) is 4.74 Å². The second-order valence-corrected chi connectivity index (χ2v) is 7.44. The number of hydrogen-bond acceptors (Lipinski definition) is 5. The van der Waals surface area contributed by atoms with E-state index in [1.54, 1.807) is 23.9 Å². The summed E-state index contributed by atoms with van der Waals surface area (Å²) in [5.74, 6) is 1.21. The van der Waals surface area contributed by atoms with Gasteiger partial charge in [-0.2, -0.15) is 10.5 Å². The molecule has 2 aliphatic rings. The minimum absolute atomic E-state index is 0.0624. The van der Waals surface area contributed by atoms with Crippen molar-refractivity contribution in [3.63, 3.8) is 0 Å². The van der Waals surface area contributed by atoms with Gasteiger partial charge in [0.15, 0.2) is 0 Å². The first kappa shape index (κ1) is 18.7. The van der Waals surface area contributed by atoms with Crippen LogP contribution in [0.25, 0.3) is 5.76 Å². The minimum Gasteiger partial charge on any atom is -0.457 e. The van der Waals surface area contributed by atoms with E-state index in [4.69, 9.17) is 4.74 Å². The molecule has 0 aliphatic carbocycles. The third kappa shape index (κ3) is 3.69. The molecule has 0 spiro atoms. The first-order valence-electron chi connectivity index (χ1n) is 9.20. The van der Waals surface area contributed by atoms with Crippen LogP contribution in [0.2, 0.25) is 0 Å². The summed E-state index contributed by atoms with van der Waals surface area (Å²) in [6.07, 6.45) is 5.46. The van der Waals surface area contributed by atoms with E-state index in [1.807, 2.05) is 60.7 Å². The maximum Gasteiger partial charge on any atom is 0.137 e. The molecule has 5 heteroatoms. The molecule has 0 N–H and O–H groups in total. The van der Waals surface area contributed by atoms with Gasteiger partial charge in [-0.1, -0.05) is 54.2 Å². The van der Waals surface area contributed by atoms with E-state index in [0.717, 1.165) is 17.1 Å². The number of para-hydroxylation sites is 1. The lowest BCUT2D eigenvalue weighted by atomic mass is 10.0. The highest BCUT2D eigenvalue weighted by Gasteiger charge is 2.25. The molecule has 2 aliphatic heterocycles. The zero-order valence-electron chi connectivity index (χ0n) is 15.8. The fraction of sp³-hybridized carbons (Fsp3) is 0.0833. The summed E-state index contributed by atoms with van der Waals surface area (Å²) in [5.41, 5.74) is 2.67. The van der Waals surface area contributed by atoms with Crippen LogP contribution in [0, 0.1) is 22.7 Å². The van der Waals surface area contributed by atoms with Crippen molar-refractivity contribution in [3.05, 3.63) is 100 Å². The van der Waals surface area contributed by atoms with Gasteiger partial charge in [-0.3, -0.25) is 0 Å². The molecule has 29 heavy (non-hydrogen) atoms. The van der Waals surface area contributed by atoms with E-state index in [-0.39, 0.29) is 5.57 Å². The van der Waals surface area contributed by atoms with Gasteiger partial charge in [0.05, 0.1) is 10.7 Å². The van der Waals surface area contributed by atoms with Crippen molar-refractivity contribution >= 4 is 23.2 Å². The molecular formula is C24H17N3OS. The van der Waals surface area contributed by atoms with Gasteiger partial charge in [0.1, 0.15) is 29.2 Å². The fourth-order valence-electron chi connectivity index (χ4n) is 3.24. The Hall–Kier alpha value is -3.67. The molecule has 0 atom stereocenters. The van der Waals surface area contributed by atoms with Gasteiger partial charge >= 0.3 is 0 Å². The van der Waals surface area contributed by atoms with Gasteiger partial charge < -0.3 is 9.64 Å². The van der Waals surface area contributed by atoms with E-state index in [9.17, 15) is 10.5 Å². The first-order chi connectivity index (χ1) is 14.2. The molecule has 0 fully saturated rings. The highest BCUT2D eigenvalue weighted by molar-refractivity contribution is 8.03. The SMILES string of the molecule is CCN1C(=CC2=CC(=C(C#N)C#N)C=C(c3ccccc3)O2)Sc2ccccc21. The monoisotopic (exact) mass is 395 g/mol. The summed E-state index contributed by atoms with van der Waals surface area (Å²) in [5, 5.41) is 19.7. The Labute approximate surface area is 174 Å². The van der Waals surface area contributed by atoms with Gasteiger partial charge in [0.25, 0.3) is 0 Å². The van der Waals surface area contributed by atoms with Crippen LogP contribution < -0.4 is 4.90 Å². The molecule has 0 bridgehead atoms. The second-order valence-electron chi connectivity index (χ2n) is 6.37. The van der Waals surface area contributed by atoms with Crippen molar-refractivity contribution in [2.75, 3.05) is 11.4 Å². The van der Waals surface area contributed by atoms with Gasteiger partial charge in [-0.25, -0.2) is 0 Å². The van der Waals surface area contributed by atoms with Crippen molar-refractivity contribution in [1.82, 2.24) is 0 Å². The molecule has 4 nitrogen and oxygen atoms in total. The number of fused-ring (bicyclic) bond motifs is 1. The van der Waals surface area contributed by atoms with Crippen molar-refractivity contribution in [1.29, 1.82) is 10.5 Å². The smallest absolute Gasteiger partial charge is 0.137 e. The van der Waals surface area contributed by atoms with Crippen LogP contribution in [0.15, 0.2) is 99.7 Å². The maximum absolute atomic E-state index is 9.35. The standard InChI is InChI=1S/C24H17N3OS/c1-2-27-21-10-6-7-11-23(21)29-24(27)14-20-12-18(19(15-25)16-26)13-22(28-20)17-8-4-3-5-9-17/h3-14H,2H2,1H3. The molecule has 2 heterocycles. The summed E-state index contributed by atoms with van der Waals surface area (Å²) >= 11 is 1.68. The van der Waals surface area contributed by atoms with Crippen LogP contribution in [0.1, 0.15) is 12.5 Å². The predicted octanol–water partition coefficient (Wildman–Crippen LogP) is 5.76. The Morgan fingerprint density at radius 1 is 1.03 bits per heavy atom. The predicted molar refractivity (Wildman–Crippen MR) is 115 cm³/mol. The van der Waals surface area contributed by atoms with Crippen LogP contribution in [0.5, 0.6) is 0 Å². The fourth-order valence-corrected chi connectivity index (χ4v) is 4.41. The van der Waals surface area contributed by atoms with Crippen LogP contribution in [-0.4, -0.2) is 6.54 Å².